The van der Waals surface area contributed by atoms with Crippen molar-refractivity contribution in [2.75, 3.05) is 6.54 Å². The molecule has 0 aromatic carbocycles. The summed E-state index contributed by atoms with van der Waals surface area (Å²) in [6, 6.07) is 1.58. The zero-order chi connectivity index (χ0) is 11.8. The van der Waals surface area contributed by atoms with Gasteiger partial charge in [0.2, 0.25) is 5.91 Å². The monoisotopic (exact) mass is 228 g/mol. The van der Waals surface area contributed by atoms with E-state index in [0.717, 1.165) is 17.0 Å². The molecule has 2 N–H and O–H groups in total. The Labute approximate surface area is 98.7 Å². The van der Waals surface area contributed by atoms with E-state index >= 15 is 0 Å². The standard InChI is InChI=1S/C12H12N4O/c1-7-5-14-11(12(17)15-7)9-4-8-2-3-13-6-10(8)16-9/h2-3,6,11,14H,1,4-5H2,(H,15,17). The summed E-state index contributed by atoms with van der Waals surface area (Å²) in [5.74, 6) is -0.0826. The van der Waals surface area contributed by atoms with Gasteiger partial charge >= 0.3 is 0 Å². The van der Waals surface area contributed by atoms with Crippen LogP contribution in [0.15, 0.2) is 35.7 Å². The zero-order valence-electron chi connectivity index (χ0n) is 9.23. The van der Waals surface area contributed by atoms with Gasteiger partial charge in [-0.05, 0) is 11.6 Å². The molecule has 17 heavy (non-hydrogen) atoms. The lowest BCUT2D eigenvalue weighted by atomic mass is 10.0. The first-order valence-electron chi connectivity index (χ1n) is 5.46. The summed E-state index contributed by atoms with van der Waals surface area (Å²) < 4.78 is 0. The van der Waals surface area contributed by atoms with Gasteiger partial charge in [-0.1, -0.05) is 6.58 Å². The van der Waals surface area contributed by atoms with Crippen LogP contribution in [0.25, 0.3) is 0 Å². The van der Waals surface area contributed by atoms with Crippen LogP contribution in [0.4, 0.5) is 5.69 Å². The minimum atomic E-state index is -0.354. The molecule has 2 aliphatic heterocycles. The van der Waals surface area contributed by atoms with Gasteiger partial charge < -0.3 is 5.32 Å². The molecule has 5 nitrogen and oxygen atoms in total. The van der Waals surface area contributed by atoms with E-state index < -0.39 is 0 Å². The Morgan fingerprint density at radius 1 is 1.47 bits per heavy atom. The molecule has 1 fully saturated rings. The number of hydrogen-bond acceptors (Lipinski definition) is 4. The fraction of sp³-hybridized carbons (Fsp3) is 0.250. The van der Waals surface area contributed by atoms with E-state index in [1.807, 2.05) is 6.07 Å². The number of carbonyl (C=O) groups is 1. The summed E-state index contributed by atoms with van der Waals surface area (Å²) >= 11 is 0. The van der Waals surface area contributed by atoms with Crippen LogP contribution >= 0.6 is 0 Å². The maximum Gasteiger partial charge on any atom is 0.247 e. The van der Waals surface area contributed by atoms with Crippen molar-refractivity contribution >= 4 is 17.3 Å². The number of fused-ring (bicyclic) bond motifs is 1. The van der Waals surface area contributed by atoms with Gasteiger partial charge in [-0.2, -0.15) is 0 Å². The molecule has 1 atom stereocenters. The fourth-order valence-corrected chi connectivity index (χ4v) is 2.10. The molecule has 1 aromatic heterocycles. The van der Waals surface area contributed by atoms with E-state index in [1.165, 1.54) is 0 Å². The molecular weight excluding hydrogens is 216 g/mol. The minimum absolute atomic E-state index is 0.0826. The maximum atomic E-state index is 11.8. The largest absolute Gasteiger partial charge is 0.327 e. The molecule has 0 radical (unpaired) electrons. The Hall–Kier alpha value is -2.01. The third kappa shape index (κ3) is 1.74. The highest BCUT2D eigenvalue weighted by Crippen LogP contribution is 2.26. The van der Waals surface area contributed by atoms with E-state index in [1.54, 1.807) is 12.4 Å². The van der Waals surface area contributed by atoms with E-state index in [4.69, 9.17) is 0 Å². The lowest BCUT2D eigenvalue weighted by Gasteiger charge is -2.24. The Bertz CT molecular complexity index is 535. The average molecular weight is 228 g/mol. The average Bonchev–Trinajstić information content (AvgIpc) is 2.72. The molecule has 5 heteroatoms. The number of pyridine rings is 1. The van der Waals surface area contributed by atoms with Crippen LogP contribution < -0.4 is 10.6 Å². The Balaban J connectivity index is 1.84. The second-order valence-electron chi connectivity index (χ2n) is 4.19. The fourth-order valence-electron chi connectivity index (χ4n) is 2.10. The highest BCUT2D eigenvalue weighted by atomic mass is 16.2. The molecule has 0 saturated carbocycles. The number of aliphatic imine (C=N–C) groups is 1. The summed E-state index contributed by atoms with van der Waals surface area (Å²) in [5, 5.41) is 5.87. The molecule has 1 saturated heterocycles. The molecule has 2 aliphatic rings. The van der Waals surface area contributed by atoms with Crippen LogP contribution in [0, 0.1) is 0 Å². The first-order valence-corrected chi connectivity index (χ1v) is 5.46. The normalized spacial score (nSPS) is 23.1. The smallest absolute Gasteiger partial charge is 0.247 e. The molecule has 3 heterocycles. The number of aromatic nitrogens is 1. The first-order chi connectivity index (χ1) is 8.24. The zero-order valence-corrected chi connectivity index (χ0v) is 9.23. The number of piperazine rings is 1. The highest BCUT2D eigenvalue weighted by Gasteiger charge is 2.30. The Morgan fingerprint density at radius 2 is 2.35 bits per heavy atom. The quantitative estimate of drug-likeness (QED) is 0.727. The van der Waals surface area contributed by atoms with Crippen molar-refractivity contribution in [3.8, 4) is 0 Å². The van der Waals surface area contributed by atoms with Gasteiger partial charge in [0.1, 0.15) is 6.04 Å². The number of rotatable bonds is 1. The molecule has 1 unspecified atom stereocenters. The van der Waals surface area contributed by atoms with Crippen molar-refractivity contribution in [1.82, 2.24) is 15.6 Å². The summed E-state index contributed by atoms with van der Waals surface area (Å²) in [7, 11) is 0. The van der Waals surface area contributed by atoms with Gasteiger partial charge in [0.15, 0.2) is 0 Å². The molecule has 1 aromatic rings. The summed E-state index contributed by atoms with van der Waals surface area (Å²) in [5.41, 5.74) is 3.53. The number of carbonyl (C=O) groups excluding carboxylic acids is 1. The minimum Gasteiger partial charge on any atom is -0.327 e. The van der Waals surface area contributed by atoms with Gasteiger partial charge in [0.05, 0.1) is 11.9 Å². The summed E-state index contributed by atoms with van der Waals surface area (Å²) in [6.45, 7) is 4.31. The highest BCUT2D eigenvalue weighted by molar-refractivity contribution is 6.12. The van der Waals surface area contributed by atoms with E-state index in [9.17, 15) is 4.79 Å². The van der Waals surface area contributed by atoms with Crippen molar-refractivity contribution in [3.63, 3.8) is 0 Å². The molecule has 3 rings (SSSR count). The Kier molecular flexibility index (Phi) is 2.26. The number of nitrogens with one attached hydrogen (secondary N) is 2. The third-order valence-corrected chi connectivity index (χ3v) is 2.94. The van der Waals surface area contributed by atoms with Crippen molar-refractivity contribution in [2.45, 2.75) is 12.5 Å². The lowest BCUT2D eigenvalue weighted by Crippen LogP contribution is -2.55. The van der Waals surface area contributed by atoms with Crippen LogP contribution in [0.2, 0.25) is 0 Å². The number of nitrogens with zero attached hydrogens (tertiary/aromatic N) is 2. The molecule has 0 aliphatic carbocycles. The first kappa shape index (κ1) is 10.2. The van der Waals surface area contributed by atoms with Gasteiger partial charge in [-0.15, -0.1) is 0 Å². The molecule has 1 amide bonds. The van der Waals surface area contributed by atoms with Crippen LogP contribution in [0.3, 0.4) is 0 Å². The third-order valence-electron chi connectivity index (χ3n) is 2.94. The van der Waals surface area contributed by atoms with Crippen molar-refractivity contribution in [3.05, 3.63) is 36.3 Å². The van der Waals surface area contributed by atoms with E-state index in [2.05, 4.69) is 27.2 Å². The lowest BCUT2D eigenvalue weighted by molar-refractivity contribution is -0.121. The van der Waals surface area contributed by atoms with Gasteiger partial charge in [-0.3, -0.25) is 20.1 Å². The second kappa shape index (κ2) is 3.78. The van der Waals surface area contributed by atoms with Gasteiger partial charge in [0.25, 0.3) is 0 Å². The van der Waals surface area contributed by atoms with Gasteiger partial charge in [-0.25, -0.2) is 0 Å². The van der Waals surface area contributed by atoms with Crippen molar-refractivity contribution < 1.29 is 4.79 Å². The van der Waals surface area contributed by atoms with E-state index in [0.29, 0.717) is 18.7 Å². The summed E-state index contributed by atoms with van der Waals surface area (Å²) in [6.07, 6.45) is 4.17. The number of hydrogen-bond donors (Lipinski definition) is 2. The maximum absolute atomic E-state index is 11.8. The molecule has 0 bridgehead atoms. The van der Waals surface area contributed by atoms with Crippen molar-refractivity contribution in [2.24, 2.45) is 4.99 Å². The van der Waals surface area contributed by atoms with Crippen molar-refractivity contribution in [1.29, 1.82) is 0 Å². The molecular formula is C12H12N4O. The van der Waals surface area contributed by atoms with E-state index in [-0.39, 0.29) is 11.9 Å². The van der Waals surface area contributed by atoms with Crippen LogP contribution in [0.5, 0.6) is 0 Å². The van der Waals surface area contributed by atoms with Crippen LogP contribution in [-0.2, 0) is 11.2 Å². The summed E-state index contributed by atoms with van der Waals surface area (Å²) in [4.78, 5) is 20.3. The SMILES string of the molecule is C=C1CNC(C2=Nc3cnccc3C2)C(=O)N1. The topological polar surface area (TPSA) is 66.4 Å². The Morgan fingerprint density at radius 3 is 3.12 bits per heavy atom. The number of amides is 1. The van der Waals surface area contributed by atoms with Gasteiger partial charge in [0, 0.05) is 30.6 Å². The predicted octanol–water partition coefficient (Wildman–Crippen LogP) is 0.312. The second-order valence-corrected chi connectivity index (χ2v) is 4.19. The molecule has 86 valence electrons. The molecule has 0 spiro atoms. The van der Waals surface area contributed by atoms with Crippen LogP contribution in [-0.4, -0.2) is 29.2 Å². The predicted molar refractivity (Wildman–Crippen MR) is 64.1 cm³/mol. The van der Waals surface area contributed by atoms with Crippen LogP contribution in [0.1, 0.15) is 5.56 Å².